The third kappa shape index (κ3) is 5.41. The van der Waals surface area contributed by atoms with Gasteiger partial charge in [-0.2, -0.15) is 0 Å². The molecule has 3 rings (SSSR count). The van der Waals surface area contributed by atoms with E-state index < -0.39 is 17.9 Å². The Bertz CT molecular complexity index is 1130. The van der Waals surface area contributed by atoms with Gasteiger partial charge in [0.15, 0.2) is 0 Å². The molecule has 0 saturated carbocycles. The van der Waals surface area contributed by atoms with Gasteiger partial charge in [-0.1, -0.05) is 6.07 Å². The number of methoxy groups -OCH3 is 2. The molecule has 9 heteroatoms. The van der Waals surface area contributed by atoms with Crippen molar-refractivity contribution in [1.29, 1.82) is 0 Å². The Balaban J connectivity index is 1.58. The number of benzene rings is 3. The molecule has 0 atom stereocenters. The van der Waals surface area contributed by atoms with Crippen LogP contribution >= 0.6 is 0 Å². The number of hydrogen-bond acceptors (Lipinski definition) is 6. The standard InChI is InChI=1S/C22H21N3O6/c1-30-17-7-5-15(6-8-17)25-22(29)23-12-20(27)24-16-4-3-13-9-14(21(28)31-2)10-19(26)18(13)11-16/h3-11,26H,12H2,1-2H3,(H,24,27)(H2,23,25,29). The first-order chi connectivity index (χ1) is 14.9. The summed E-state index contributed by atoms with van der Waals surface area (Å²) in [5.41, 5.74) is 1.20. The van der Waals surface area contributed by atoms with Crippen molar-refractivity contribution in [3.8, 4) is 11.5 Å². The number of amides is 3. The van der Waals surface area contributed by atoms with E-state index in [4.69, 9.17) is 4.74 Å². The number of ether oxygens (including phenoxy) is 2. The average molecular weight is 423 g/mol. The van der Waals surface area contributed by atoms with Gasteiger partial charge in [0.25, 0.3) is 0 Å². The maximum Gasteiger partial charge on any atom is 0.338 e. The van der Waals surface area contributed by atoms with E-state index in [1.54, 1.807) is 55.6 Å². The highest BCUT2D eigenvalue weighted by molar-refractivity contribution is 6.01. The summed E-state index contributed by atoms with van der Waals surface area (Å²) in [5.74, 6) is -0.470. The molecule has 3 amide bonds. The molecule has 9 nitrogen and oxygen atoms in total. The summed E-state index contributed by atoms with van der Waals surface area (Å²) in [6, 6.07) is 13.9. The maximum atomic E-state index is 12.2. The summed E-state index contributed by atoms with van der Waals surface area (Å²) in [5, 5.41) is 19.0. The summed E-state index contributed by atoms with van der Waals surface area (Å²) in [7, 11) is 2.80. The van der Waals surface area contributed by atoms with Crippen molar-refractivity contribution in [1.82, 2.24) is 5.32 Å². The van der Waals surface area contributed by atoms with Crippen LogP contribution in [-0.2, 0) is 9.53 Å². The van der Waals surface area contributed by atoms with Crippen LogP contribution in [0.3, 0.4) is 0 Å². The fraction of sp³-hybridized carbons (Fsp3) is 0.136. The molecule has 0 aromatic heterocycles. The number of phenolic OH excluding ortho intramolecular Hbond substituents is 1. The largest absolute Gasteiger partial charge is 0.507 e. The number of esters is 1. The van der Waals surface area contributed by atoms with Gasteiger partial charge < -0.3 is 30.5 Å². The van der Waals surface area contributed by atoms with Crippen molar-refractivity contribution in [2.45, 2.75) is 0 Å². The molecule has 160 valence electrons. The third-order valence-electron chi connectivity index (χ3n) is 4.39. The fourth-order valence-electron chi connectivity index (χ4n) is 2.87. The molecule has 0 spiro atoms. The molecule has 0 unspecified atom stereocenters. The Morgan fingerprint density at radius 2 is 1.61 bits per heavy atom. The second-order valence-corrected chi connectivity index (χ2v) is 6.51. The minimum atomic E-state index is -0.562. The average Bonchev–Trinajstić information content (AvgIpc) is 2.78. The molecule has 0 bridgehead atoms. The zero-order valence-corrected chi connectivity index (χ0v) is 16.9. The lowest BCUT2D eigenvalue weighted by Crippen LogP contribution is -2.35. The number of phenols is 1. The molecule has 0 heterocycles. The summed E-state index contributed by atoms with van der Waals surface area (Å²) in [4.78, 5) is 35.8. The first kappa shape index (κ1) is 21.4. The Hall–Kier alpha value is -4.27. The van der Waals surface area contributed by atoms with E-state index in [1.165, 1.54) is 13.2 Å². The first-order valence-electron chi connectivity index (χ1n) is 9.23. The maximum absolute atomic E-state index is 12.2. The Morgan fingerprint density at radius 3 is 2.29 bits per heavy atom. The molecule has 4 N–H and O–H groups in total. The summed E-state index contributed by atoms with van der Waals surface area (Å²) < 4.78 is 9.71. The summed E-state index contributed by atoms with van der Waals surface area (Å²) in [6.07, 6.45) is 0. The molecular weight excluding hydrogens is 402 g/mol. The number of fused-ring (bicyclic) bond motifs is 1. The van der Waals surface area contributed by atoms with Crippen molar-refractivity contribution < 1.29 is 29.0 Å². The quantitative estimate of drug-likeness (QED) is 0.452. The fourth-order valence-corrected chi connectivity index (χ4v) is 2.87. The van der Waals surface area contributed by atoms with Crippen molar-refractivity contribution in [2.75, 3.05) is 31.4 Å². The predicted molar refractivity (Wildman–Crippen MR) is 116 cm³/mol. The second-order valence-electron chi connectivity index (χ2n) is 6.51. The normalized spacial score (nSPS) is 10.3. The van der Waals surface area contributed by atoms with Gasteiger partial charge in [-0.3, -0.25) is 4.79 Å². The van der Waals surface area contributed by atoms with Gasteiger partial charge in [-0.15, -0.1) is 0 Å². The number of anilines is 2. The number of urea groups is 1. The van der Waals surface area contributed by atoms with Crippen molar-refractivity contribution >= 4 is 40.1 Å². The zero-order valence-electron chi connectivity index (χ0n) is 16.9. The van der Waals surface area contributed by atoms with Gasteiger partial charge >= 0.3 is 12.0 Å². The monoisotopic (exact) mass is 423 g/mol. The second kappa shape index (κ2) is 9.49. The highest BCUT2D eigenvalue weighted by Crippen LogP contribution is 2.29. The molecule has 0 aliphatic rings. The molecule has 3 aromatic carbocycles. The third-order valence-corrected chi connectivity index (χ3v) is 4.39. The smallest absolute Gasteiger partial charge is 0.338 e. The van der Waals surface area contributed by atoms with Gasteiger partial charge in [-0.25, -0.2) is 9.59 Å². The van der Waals surface area contributed by atoms with Crippen LogP contribution in [0.15, 0.2) is 54.6 Å². The molecular formula is C22H21N3O6. The number of aromatic hydroxyl groups is 1. The zero-order chi connectivity index (χ0) is 22.4. The lowest BCUT2D eigenvalue weighted by molar-refractivity contribution is -0.115. The number of hydrogen-bond donors (Lipinski definition) is 4. The summed E-state index contributed by atoms with van der Waals surface area (Å²) in [6.45, 7) is -0.257. The Labute approximate surface area is 178 Å². The highest BCUT2D eigenvalue weighted by Gasteiger charge is 2.12. The molecule has 0 saturated heterocycles. The van der Waals surface area contributed by atoms with E-state index in [-0.39, 0.29) is 17.9 Å². The topological polar surface area (TPSA) is 126 Å². The van der Waals surface area contributed by atoms with Crippen LogP contribution in [0.2, 0.25) is 0 Å². The van der Waals surface area contributed by atoms with Crippen LogP contribution in [0.5, 0.6) is 11.5 Å². The Kier molecular flexibility index (Phi) is 6.56. The molecule has 31 heavy (non-hydrogen) atoms. The van der Waals surface area contributed by atoms with Crippen LogP contribution in [0.4, 0.5) is 16.2 Å². The van der Waals surface area contributed by atoms with E-state index in [9.17, 15) is 19.5 Å². The van der Waals surface area contributed by atoms with Crippen LogP contribution in [0, 0.1) is 0 Å². The van der Waals surface area contributed by atoms with Crippen molar-refractivity contribution in [3.63, 3.8) is 0 Å². The highest BCUT2D eigenvalue weighted by atomic mass is 16.5. The van der Waals surface area contributed by atoms with Crippen LogP contribution in [0.1, 0.15) is 10.4 Å². The first-order valence-corrected chi connectivity index (χ1v) is 9.23. The van der Waals surface area contributed by atoms with E-state index in [0.29, 0.717) is 27.9 Å². The van der Waals surface area contributed by atoms with Crippen LogP contribution in [0.25, 0.3) is 10.8 Å². The van der Waals surface area contributed by atoms with Crippen molar-refractivity contribution in [3.05, 3.63) is 60.2 Å². The number of carbonyl (C=O) groups excluding carboxylic acids is 3. The van der Waals surface area contributed by atoms with E-state index in [2.05, 4.69) is 20.7 Å². The van der Waals surface area contributed by atoms with Gasteiger partial charge in [0.05, 0.1) is 26.3 Å². The lowest BCUT2D eigenvalue weighted by atomic mass is 10.0. The predicted octanol–water partition coefficient (Wildman–Crippen LogP) is 3.10. The summed E-state index contributed by atoms with van der Waals surface area (Å²) >= 11 is 0. The molecule has 0 aliphatic heterocycles. The van der Waals surface area contributed by atoms with E-state index >= 15 is 0 Å². The number of carbonyl (C=O) groups is 3. The van der Waals surface area contributed by atoms with Crippen molar-refractivity contribution in [2.24, 2.45) is 0 Å². The van der Waals surface area contributed by atoms with E-state index in [0.717, 1.165) is 0 Å². The van der Waals surface area contributed by atoms with Gasteiger partial charge in [-0.05, 0) is 53.9 Å². The number of rotatable bonds is 6. The minimum absolute atomic E-state index is 0.119. The minimum Gasteiger partial charge on any atom is -0.507 e. The molecule has 0 fully saturated rings. The Morgan fingerprint density at radius 1 is 0.903 bits per heavy atom. The molecule has 3 aromatic rings. The van der Waals surface area contributed by atoms with Crippen LogP contribution in [-0.4, -0.2) is 43.8 Å². The SMILES string of the molecule is COC(=O)c1cc(O)c2cc(NC(=O)CNC(=O)Nc3ccc(OC)cc3)ccc2c1. The molecule has 0 aliphatic carbocycles. The van der Waals surface area contributed by atoms with E-state index in [1.807, 2.05) is 0 Å². The van der Waals surface area contributed by atoms with Crippen LogP contribution < -0.4 is 20.7 Å². The van der Waals surface area contributed by atoms with Gasteiger partial charge in [0.2, 0.25) is 5.91 Å². The van der Waals surface area contributed by atoms with Gasteiger partial charge in [0, 0.05) is 16.8 Å². The molecule has 0 radical (unpaired) electrons. The number of nitrogens with one attached hydrogen (secondary N) is 3. The van der Waals surface area contributed by atoms with Gasteiger partial charge in [0.1, 0.15) is 11.5 Å². The lowest BCUT2D eigenvalue weighted by Gasteiger charge is -2.10.